The van der Waals surface area contributed by atoms with Crippen LogP contribution < -0.4 is 11.4 Å². The molecule has 2 heterocycles. The van der Waals surface area contributed by atoms with Crippen molar-refractivity contribution < 1.29 is 9.90 Å². The van der Waals surface area contributed by atoms with Gasteiger partial charge in [0, 0.05) is 13.1 Å². The minimum absolute atomic E-state index is 0.00460. The molecule has 2 rings (SSSR count). The van der Waals surface area contributed by atoms with E-state index in [4.69, 9.17) is 5.11 Å². The maximum atomic E-state index is 12.0. The van der Waals surface area contributed by atoms with Gasteiger partial charge in [0.05, 0.1) is 12.5 Å². The van der Waals surface area contributed by atoms with Crippen molar-refractivity contribution in [2.24, 2.45) is 0 Å². The van der Waals surface area contributed by atoms with Crippen LogP contribution in [-0.4, -0.2) is 25.0 Å². The first-order valence-electron chi connectivity index (χ1n) is 5.66. The second-order valence-corrected chi connectivity index (χ2v) is 4.32. The normalized spacial score (nSPS) is 19.0. The Hall–Kier alpha value is -1.79. The molecule has 1 aromatic heterocycles. The predicted molar refractivity (Wildman–Crippen MR) is 59.1 cm³/mol. The van der Waals surface area contributed by atoms with Crippen LogP contribution >= 0.6 is 0 Å². The van der Waals surface area contributed by atoms with Crippen molar-refractivity contribution in [3.8, 4) is 0 Å². The van der Waals surface area contributed by atoms with Crippen LogP contribution in [0.2, 0.25) is 0 Å². The summed E-state index contributed by atoms with van der Waals surface area (Å²) in [4.78, 5) is 34.3. The van der Waals surface area contributed by atoms with E-state index in [0.717, 1.165) is 17.4 Å². The highest BCUT2D eigenvalue weighted by Crippen LogP contribution is 2.15. The second-order valence-electron chi connectivity index (χ2n) is 4.32. The standard InChI is InChI=1S/C10H15N3O4/c1-7-3-2-5-12-9(16)11(6-4-8(14)15)10(17)13(7)12/h7H,2-6H2,1H3,(H,14,15). The van der Waals surface area contributed by atoms with E-state index in [1.54, 1.807) is 0 Å². The SMILES string of the molecule is CC1CCCn2c(=O)n(CCC(=O)O)c(=O)n21. The number of aromatic nitrogens is 3. The van der Waals surface area contributed by atoms with Gasteiger partial charge < -0.3 is 5.11 Å². The van der Waals surface area contributed by atoms with Gasteiger partial charge in [-0.15, -0.1) is 0 Å². The van der Waals surface area contributed by atoms with Gasteiger partial charge >= 0.3 is 17.3 Å². The number of carboxylic acid groups (broad SMARTS) is 1. The van der Waals surface area contributed by atoms with Crippen molar-refractivity contribution in [3.05, 3.63) is 21.0 Å². The zero-order chi connectivity index (χ0) is 12.6. The highest BCUT2D eigenvalue weighted by atomic mass is 16.4. The minimum atomic E-state index is -1.02. The molecule has 94 valence electrons. The Morgan fingerprint density at radius 3 is 2.71 bits per heavy atom. The lowest BCUT2D eigenvalue weighted by Crippen LogP contribution is -2.33. The topological polar surface area (TPSA) is 86.2 Å². The molecule has 1 aliphatic heterocycles. The largest absolute Gasteiger partial charge is 0.481 e. The minimum Gasteiger partial charge on any atom is -0.481 e. The number of nitrogens with zero attached hydrogens (tertiary/aromatic N) is 3. The van der Waals surface area contributed by atoms with E-state index < -0.39 is 17.3 Å². The third-order valence-electron chi connectivity index (χ3n) is 3.10. The molecular formula is C10H15N3O4. The average molecular weight is 241 g/mol. The van der Waals surface area contributed by atoms with E-state index >= 15 is 0 Å². The number of carbonyl (C=O) groups is 1. The fourth-order valence-corrected chi connectivity index (χ4v) is 2.23. The summed E-state index contributed by atoms with van der Waals surface area (Å²) in [6.45, 7) is 2.35. The number of hydrogen-bond donors (Lipinski definition) is 1. The molecular weight excluding hydrogens is 226 g/mol. The molecule has 0 fully saturated rings. The molecule has 1 atom stereocenters. The number of rotatable bonds is 3. The van der Waals surface area contributed by atoms with E-state index in [-0.39, 0.29) is 19.0 Å². The zero-order valence-electron chi connectivity index (χ0n) is 9.63. The van der Waals surface area contributed by atoms with Crippen molar-refractivity contribution in [1.29, 1.82) is 0 Å². The first-order chi connectivity index (χ1) is 8.02. The van der Waals surface area contributed by atoms with Gasteiger partial charge in [0.25, 0.3) is 0 Å². The Balaban J connectivity index is 2.45. The lowest BCUT2D eigenvalue weighted by molar-refractivity contribution is -0.137. The molecule has 7 nitrogen and oxygen atoms in total. The maximum Gasteiger partial charge on any atom is 0.347 e. The van der Waals surface area contributed by atoms with Gasteiger partial charge in [0.1, 0.15) is 0 Å². The van der Waals surface area contributed by atoms with Gasteiger partial charge in [-0.3, -0.25) is 4.79 Å². The Labute approximate surface area is 96.9 Å². The predicted octanol–water partition coefficient (Wildman–Crippen LogP) is -0.359. The van der Waals surface area contributed by atoms with Crippen molar-refractivity contribution in [1.82, 2.24) is 13.9 Å². The van der Waals surface area contributed by atoms with Gasteiger partial charge in [-0.2, -0.15) is 0 Å². The molecule has 17 heavy (non-hydrogen) atoms. The summed E-state index contributed by atoms with van der Waals surface area (Å²) in [6.07, 6.45) is 1.51. The summed E-state index contributed by atoms with van der Waals surface area (Å²) < 4.78 is 3.86. The lowest BCUT2D eigenvalue weighted by Gasteiger charge is -2.21. The summed E-state index contributed by atoms with van der Waals surface area (Å²) in [6, 6.07) is -0.00460. The van der Waals surface area contributed by atoms with Crippen LogP contribution in [0.4, 0.5) is 0 Å². The van der Waals surface area contributed by atoms with Crippen LogP contribution in [0.3, 0.4) is 0 Å². The third kappa shape index (κ3) is 1.92. The first-order valence-corrected chi connectivity index (χ1v) is 5.66. The van der Waals surface area contributed by atoms with Crippen molar-refractivity contribution in [3.63, 3.8) is 0 Å². The summed E-state index contributed by atoms with van der Waals surface area (Å²) in [7, 11) is 0. The van der Waals surface area contributed by atoms with Gasteiger partial charge in [0.2, 0.25) is 0 Å². The molecule has 0 bridgehead atoms. The molecule has 0 spiro atoms. The van der Waals surface area contributed by atoms with Crippen LogP contribution in [0, 0.1) is 0 Å². The van der Waals surface area contributed by atoms with Crippen LogP contribution in [0.1, 0.15) is 32.2 Å². The molecule has 0 saturated carbocycles. The zero-order valence-corrected chi connectivity index (χ0v) is 9.63. The third-order valence-corrected chi connectivity index (χ3v) is 3.10. The van der Waals surface area contributed by atoms with Crippen LogP contribution in [0.15, 0.2) is 9.59 Å². The van der Waals surface area contributed by atoms with E-state index in [1.807, 2.05) is 6.92 Å². The van der Waals surface area contributed by atoms with Gasteiger partial charge in [-0.25, -0.2) is 23.5 Å². The fourth-order valence-electron chi connectivity index (χ4n) is 2.23. The molecule has 1 aromatic rings. The maximum absolute atomic E-state index is 12.0. The molecule has 1 aliphatic rings. The highest BCUT2D eigenvalue weighted by Gasteiger charge is 2.23. The highest BCUT2D eigenvalue weighted by molar-refractivity contribution is 5.66. The molecule has 0 aromatic carbocycles. The van der Waals surface area contributed by atoms with Crippen molar-refractivity contribution in [2.45, 2.75) is 45.3 Å². The molecule has 1 unspecified atom stereocenters. The van der Waals surface area contributed by atoms with Crippen molar-refractivity contribution >= 4 is 5.97 Å². The quantitative estimate of drug-likeness (QED) is 0.783. The van der Waals surface area contributed by atoms with E-state index in [1.165, 1.54) is 9.36 Å². The van der Waals surface area contributed by atoms with E-state index in [2.05, 4.69) is 0 Å². The molecule has 1 N–H and O–H groups in total. The number of aliphatic carboxylic acids is 1. The van der Waals surface area contributed by atoms with Gasteiger partial charge in [0.15, 0.2) is 0 Å². The number of hydrogen-bond acceptors (Lipinski definition) is 3. The Bertz CT molecular complexity index is 551. The first kappa shape index (κ1) is 11.7. The number of fused-ring (bicyclic) bond motifs is 1. The molecule has 0 aliphatic carbocycles. The Morgan fingerprint density at radius 1 is 1.41 bits per heavy atom. The molecule has 0 amide bonds. The van der Waals surface area contributed by atoms with Gasteiger partial charge in [-0.1, -0.05) is 0 Å². The van der Waals surface area contributed by atoms with Crippen LogP contribution in [0.5, 0.6) is 0 Å². The summed E-state index contributed by atoms with van der Waals surface area (Å²) in [5, 5.41) is 8.58. The summed E-state index contributed by atoms with van der Waals surface area (Å²) in [5.41, 5.74) is -0.800. The Morgan fingerprint density at radius 2 is 2.12 bits per heavy atom. The fraction of sp³-hybridized carbons (Fsp3) is 0.700. The van der Waals surface area contributed by atoms with Crippen molar-refractivity contribution in [2.75, 3.05) is 0 Å². The number of carboxylic acids is 1. The van der Waals surface area contributed by atoms with Gasteiger partial charge in [-0.05, 0) is 19.8 Å². The van der Waals surface area contributed by atoms with Crippen LogP contribution in [0.25, 0.3) is 0 Å². The smallest absolute Gasteiger partial charge is 0.347 e. The molecule has 0 radical (unpaired) electrons. The molecule has 7 heteroatoms. The van der Waals surface area contributed by atoms with E-state index in [0.29, 0.717) is 6.54 Å². The second kappa shape index (κ2) is 4.23. The lowest BCUT2D eigenvalue weighted by atomic mass is 10.1. The van der Waals surface area contributed by atoms with E-state index in [9.17, 15) is 14.4 Å². The summed E-state index contributed by atoms with van der Waals surface area (Å²) in [5.74, 6) is -1.02. The Kier molecular flexibility index (Phi) is 2.91. The monoisotopic (exact) mass is 241 g/mol. The average Bonchev–Trinajstić information content (AvgIpc) is 2.50. The summed E-state index contributed by atoms with van der Waals surface area (Å²) >= 11 is 0. The molecule has 0 saturated heterocycles. The van der Waals surface area contributed by atoms with Crippen LogP contribution in [-0.2, 0) is 17.9 Å².